The van der Waals surface area contributed by atoms with Crippen LogP contribution in [0.3, 0.4) is 0 Å². The van der Waals surface area contributed by atoms with Crippen molar-refractivity contribution in [1.29, 1.82) is 0 Å². The van der Waals surface area contributed by atoms with E-state index in [1.165, 1.54) is 0 Å². The second-order valence-electron chi connectivity index (χ2n) is 5.68. The number of thioether (sulfide) groups is 1. The summed E-state index contributed by atoms with van der Waals surface area (Å²) in [5.74, 6) is 1.53. The third kappa shape index (κ3) is 6.14. The Bertz CT molecular complexity index is 499. The molecule has 0 atom stereocenters. The second kappa shape index (κ2) is 9.45. The summed E-state index contributed by atoms with van der Waals surface area (Å²) in [5, 5.41) is 9.22. The molecule has 1 N–H and O–H groups in total. The predicted molar refractivity (Wildman–Crippen MR) is 91.5 cm³/mol. The Labute approximate surface area is 141 Å². The predicted octanol–water partition coefficient (Wildman–Crippen LogP) is 2.35. The Balaban J connectivity index is 1.52. The molecule has 0 unspecified atom stereocenters. The fraction of sp³-hybridized carbons (Fsp3) is 0.529. The van der Waals surface area contributed by atoms with Gasteiger partial charge in [-0.3, -0.25) is 9.59 Å². The van der Waals surface area contributed by atoms with Crippen molar-refractivity contribution in [2.45, 2.75) is 30.6 Å². The number of hydrogen-bond acceptors (Lipinski definition) is 4. The molecule has 1 aliphatic rings. The molecule has 0 aromatic heterocycles. The Morgan fingerprint density at radius 3 is 2.43 bits per heavy atom. The van der Waals surface area contributed by atoms with Crippen LogP contribution >= 0.6 is 11.8 Å². The molecule has 0 aliphatic carbocycles. The van der Waals surface area contributed by atoms with Crippen molar-refractivity contribution in [3.8, 4) is 5.75 Å². The highest BCUT2D eigenvalue weighted by atomic mass is 32.2. The van der Waals surface area contributed by atoms with Crippen LogP contribution in [-0.2, 0) is 9.59 Å². The summed E-state index contributed by atoms with van der Waals surface area (Å²) >= 11 is 1.77. The molecule has 2 rings (SSSR count). The van der Waals surface area contributed by atoms with E-state index in [4.69, 9.17) is 0 Å². The maximum Gasteiger partial charge on any atom is 0.222 e. The topological polar surface area (TPSA) is 60.9 Å². The number of unbranched alkanes of at least 4 members (excludes halogenated alkanes) is 2. The molecule has 1 heterocycles. The summed E-state index contributed by atoms with van der Waals surface area (Å²) < 4.78 is 0. The van der Waals surface area contributed by atoms with Gasteiger partial charge in [-0.2, -0.15) is 0 Å². The third-order valence-corrected chi connectivity index (χ3v) is 5.05. The molecule has 23 heavy (non-hydrogen) atoms. The SMILES string of the molecule is O=CN1CCN(C(=O)CCCCCSc2ccc(O)cc2)CC1. The van der Waals surface area contributed by atoms with Crippen LogP contribution in [0.4, 0.5) is 0 Å². The molecule has 1 aromatic carbocycles. The van der Waals surface area contributed by atoms with E-state index in [1.807, 2.05) is 17.0 Å². The first kappa shape index (κ1) is 17.7. The quantitative estimate of drug-likeness (QED) is 0.450. The standard InChI is InChI=1S/C17H24N2O3S/c20-14-18-9-11-19(12-10-18)17(22)4-2-1-3-13-23-16-7-5-15(21)6-8-16/h5-8,14,21H,1-4,9-13H2. The first-order chi connectivity index (χ1) is 11.2. The zero-order valence-electron chi connectivity index (χ0n) is 13.3. The lowest BCUT2D eigenvalue weighted by atomic mass is 10.2. The van der Waals surface area contributed by atoms with E-state index in [9.17, 15) is 14.7 Å². The average Bonchev–Trinajstić information content (AvgIpc) is 2.59. The van der Waals surface area contributed by atoms with Crippen LogP contribution in [0.2, 0.25) is 0 Å². The summed E-state index contributed by atoms with van der Waals surface area (Å²) in [5.41, 5.74) is 0. The summed E-state index contributed by atoms with van der Waals surface area (Å²) in [7, 11) is 0. The van der Waals surface area contributed by atoms with E-state index in [0.29, 0.717) is 38.3 Å². The van der Waals surface area contributed by atoms with Crippen molar-refractivity contribution in [3.05, 3.63) is 24.3 Å². The van der Waals surface area contributed by atoms with Gasteiger partial charge in [0.15, 0.2) is 0 Å². The molecule has 5 nitrogen and oxygen atoms in total. The van der Waals surface area contributed by atoms with Crippen LogP contribution in [-0.4, -0.2) is 59.2 Å². The van der Waals surface area contributed by atoms with Crippen molar-refractivity contribution in [2.75, 3.05) is 31.9 Å². The third-order valence-electron chi connectivity index (χ3n) is 3.96. The van der Waals surface area contributed by atoms with Gasteiger partial charge in [0.25, 0.3) is 0 Å². The van der Waals surface area contributed by atoms with Gasteiger partial charge in [0.05, 0.1) is 0 Å². The van der Waals surface area contributed by atoms with Gasteiger partial charge in [-0.05, 0) is 42.9 Å². The molecular weight excluding hydrogens is 312 g/mol. The molecule has 1 fully saturated rings. The number of carbonyl (C=O) groups is 2. The van der Waals surface area contributed by atoms with Gasteiger partial charge in [0.1, 0.15) is 5.75 Å². The minimum atomic E-state index is 0.210. The molecule has 2 amide bonds. The summed E-state index contributed by atoms with van der Waals surface area (Å²) in [4.78, 5) is 27.4. The second-order valence-corrected chi connectivity index (χ2v) is 6.84. The van der Waals surface area contributed by atoms with E-state index < -0.39 is 0 Å². The number of rotatable bonds is 8. The largest absolute Gasteiger partial charge is 0.508 e. The molecule has 0 spiro atoms. The van der Waals surface area contributed by atoms with Gasteiger partial charge < -0.3 is 14.9 Å². The summed E-state index contributed by atoms with van der Waals surface area (Å²) in [6.45, 7) is 2.62. The smallest absolute Gasteiger partial charge is 0.222 e. The first-order valence-corrected chi connectivity index (χ1v) is 9.06. The number of phenols is 1. The zero-order valence-corrected chi connectivity index (χ0v) is 14.1. The average molecular weight is 336 g/mol. The fourth-order valence-electron chi connectivity index (χ4n) is 2.52. The van der Waals surface area contributed by atoms with Crippen molar-refractivity contribution in [3.63, 3.8) is 0 Å². The number of amides is 2. The van der Waals surface area contributed by atoms with Crippen LogP contribution in [0.1, 0.15) is 25.7 Å². The minimum absolute atomic E-state index is 0.210. The Morgan fingerprint density at radius 2 is 1.78 bits per heavy atom. The van der Waals surface area contributed by atoms with Crippen molar-refractivity contribution >= 4 is 24.1 Å². The Hall–Kier alpha value is -1.69. The Kier molecular flexibility index (Phi) is 7.26. The first-order valence-electron chi connectivity index (χ1n) is 8.08. The lowest BCUT2D eigenvalue weighted by Gasteiger charge is -2.32. The van der Waals surface area contributed by atoms with Crippen LogP contribution in [0.15, 0.2) is 29.2 Å². The van der Waals surface area contributed by atoms with Gasteiger partial charge in [-0.1, -0.05) is 6.42 Å². The molecule has 1 aliphatic heterocycles. The van der Waals surface area contributed by atoms with Crippen LogP contribution in [0, 0.1) is 0 Å². The van der Waals surface area contributed by atoms with Crippen LogP contribution in [0.25, 0.3) is 0 Å². The van der Waals surface area contributed by atoms with E-state index in [1.54, 1.807) is 28.8 Å². The number of phenolic OH excluding ortho intramolecular Hbond substituents is 1. The molecule has 0 bridgehead atoms. The van der Waals surface area contributed by atoms with E-state index in [0.717, 1.165) is 36.3 Å². The molecular formula is C17H24N2O3S. The maximum atomic E-state index is 12.1. The molecule has 0 radical (unpaired) electrons. The van der Waals surface area contributed by atoms with Crippen molar-refractivity contribution in [1.82, 2.24) is 9.80 Å². The lowest BCUT2D eigenvalue weighted by molar-refractivity contribution is -0.135. The van der Waals surface area contributed by atoms with E-state index >= 15 is 0 Å². The molecule has 126 valence electrons. The normalized spacial score (nSPS) is 14.8. The highest BCUT2D eigenvalue weighted by Crippen LogP contribution is 2.22. The molecule has 0 saturated carbocycles. The minimum Gasteiger partial charge on any atom is -0.508 e. The number of nitrogens with zero attached hydrogens (tertiary/aromatic N) is 2. The highest BCUT2D eigenvalue weighted by Gasteiger charge is 2.19. The summed E-state index contributed by atoms with van der Waals surface area (Å²) in [6, 6.07) is 7.24. The molecule has 1 saturated heterocycles. The number of hydrogen-bond donors (Lipinski definition) is 1. The summed E-state index contributed by atoms with van der Waals surface area (Å²) in [6.07, 6.45) is 4.50. The number of benzene rings is 1. The fourth-order valence-corrected chi connectivity index (χ4v) is 3.43. The van der Waals surface area contributed by atoms with Crippen molar-refractivity contribution in [2.24, 2.45) is 0 Å². The van der Waals surface area contributed by atoms with E-state index in [-0.39, 0.29) is 5.91 Å². The lowest BCUT2D eigenvalue weighted by Crippen LogP contribution is -2.48. The number of carbonyl (C=O) groups excluding carboxylic acids is 2. The van der Waals surface area contributed by atoms with Crippen LogP contribution < -0.4 is 0 Å². The van der Waals surface area contributed by atoms with Gasteiger partial charge in [0, 0.05) is 37.5 Å². The van der Waals surface area contributed by atoms with Crippen molar-refractivity contribution < 1.29 is 14.7 Å². The Morgan fingerprint density at radius 1 is 1.09 bits per heavy atom. The molecule has 6 heteroatoms. The monoisotopic (exact) mass is 336 g/mol. The van der Waals surface area contributed by atoms with Gasteiger partial charge in [-0.25, -0.2) is 0 Å². The van der Waals surface area contributed by atoms with Gasteiger partial charge >= 0.3 is 0 Å². The number of piperazine rings is 1. The van der Waals surface area contributed by atoms with Gasteiger partial charge in [-0.15, -0.1) is 11.8 Å². The van der Waals surface area contributed by atoms with E-state index in [2.05, 4.69) is 0 Å². The zero-order chi connectivity index (χ0) is 16.5. The van der Waals surface area contributed by atoms with Crippen LogP contribution in [0.5, 0.6) is 5.75 Å². The maximum absolute atomic E-state index is 12.1. The number of aromatic hydroxyl groups is 1. The highest BCUT2D eigenvalue weighted by molar-refractivity contribution is 7.99. The molecule has 1 aromatic rings. The van der Waals surface area contributed by atoms with Gasteiger partial charge in [0.2, 0.25) is 12.3 Å².